The van der Waals surface area contributed by atoms with Gasteiger partial charge in [0.2, 0.25) is 0 Å². The van der Waals surface area contributed by atoms with Gasteiger partial charge in [0.1, 0.15) is 11.8 Å². The van der Waals surface area contributed by atoms with E-state index in [0.717, 1.165) is 12.8 Å². The maximum atomic E-state index is 11.0. The molecule has 1 saturated carbocycles. The molecule has 3 N–H and O–H groups in total. The van der Waals surface area contributed by atoms with Crippen molar-refractivity contribution in [2.75, 3.05) is 0 Å². The number of Topliss-reactive ketones (excluding diaryl/α,β-unsaturated/α-hetero) is 1. The molecule has 68 valence electrons. The van der Waals surface area contributed by atoms with Gasteiger partial charge in [-0.1, -0.05) is 0 Å². The molecule has 0 spiro atoms. The zero-order chi connectivity index (χ0) is 9.14. The predicted octanol–water partition coefficient (Wildman–Crippen LogP) is 0.158. The summed E-state index contributed by atoms with van der Waals surface area (Å²) >= 11 is 0. The van der Waals surface area contributed by atoms with Crippen LogP contribution in [-0.2, 0) is 9.59 Å². The lowest BCUT2D eigenvalue weighted by molar-refractivity contribution is -0.140. The molecule has 0 amide bonds. The van der Waals surface area contributed by atoms with E-state index >= 15 is 0 Å². The van der Waals surface area contributed by atoms with E-state index < -0.39 is 12.0 Å². The number of hydrogen-bond acceptors (Lipinski definition) is 3. The highest BCUT2D eigenvalue weighted by Crippen LogP contribution is 2.23. The summed E-state index contributed by atoms with van der Waals surface area (Å²) in [5, 5.41) is 8.58. The predicted molar refractivity (Wildman–Crippen MR) is 42.6 cm³/mol. The number of carboxylic acid groups (broad SMARTS) is 1. The largest absolute Gasteiger partial charge is 0.480 e. The fraction of sp³-hybridized carbons (Fsp3) is 0.750. The number of aliphatic carboxylic acids is 1. The van der Waals surface area contributed by atoms with E-state index in [1.165, 1.54) is 0 Å². The third-order valence-electron chi connectivity index (χ3n) is 2.31. The first-order valence-electron chi connectivity index (χ1n) is 4.11. The van der Waals surface area contributed by atoms with E-state index in [1.807, 2.05) is 0 Å². The Hall–Kier alpha value is -0.900. The number of ketones is 1. The lowest BCUT2D eigenvalue weighted by Crippen LogP contribution is -2.40. The molecule has 1 rings (SSSR count). The molecule has 12 heavy (non-hydrogen) atoms. The number of nitrogens with two attached hydrogens (primary N) is 1. The molecular formula is C8H13NO3. The molecule has 0 saturated heterocycles. The van der Waals surface area contributed by atoms with Crippen LogP contribution in [0.15, 0.2) is 0 Å². The average Bonchev–Trinajstić information content (AvgIpc) is 2.03. The average molecular weight is 171 g/mol. The van der Waals surface area contributed by atoms with Crippen molar-refractivity contribution >= 4 is 11.8 Å². The maximum absolute atomic E-state index is 11.0. The van der Waals surface area contributed by atoms with Gasteiger partial charge in [-0.15, -0.1) is 0 Å². The molecule has 1 aliphatic carbocycles. The van der Waals surface area contributed by atoms with Crippen LogP contribution in [0.5, 0.6) is 0 Å². The number of rotatable bonds is 2. The second kappa shape index (κ2) is 3.67. The van der Waals surface area contributed by atoms with Crippen molar-refractivity contribution in [1.29, 1.82) is 0 Å². The van der Waals surface area contributed by atoms with Gasteiger partial charge >= 0.3 is 5.97 Å². The van der Waals surface area contributed by atoms with Gasteiger partial charge in [-0.2, -0.15) is 0 Å². The fourth-order valence-corrected chi connectivity index (χ4v) is 1.57. The molecule has 0 aromatic rings. The number of hydrogen-bond donors (Lipinski definition) is 2. The van der Waals surface area contributed by atoms with Crippen molar-refractivity contribution in [3.05, 3.63) is 0 Å². The van der Waals surface area contributed by atoms with Crippen molar-refractivity contribution in [3.8, 4) is 0 Å². The van der Waals surface area contributed by atoms with Crippen LogP contribution in [0, 0.1) is 5.92 Å². The van der Waals surface area contributed by atoms with Crippen molar-refractivity contribution in [3.63, 3.8) is 0 Å². The molecule has 0 radical (unpaired) electrons. The second-order valence-corrected chi connectivity index (χ2v) is 3.26. The van der Waals surface area contributed by atoms with Gasteiger partial charge in [-0.05, 0) is 18.8 Å². The highest BCUT2D eigenvalue weighted by atomic mass is 16.4. The molecule has 4 heteroatoms. The summed E-state index contributed by atoms with van der Waals surface area (Å²) in [5.74, 6) is -1.01. The third-order valence-corrected chi connectivity index (χ3v) is 2.31. The molecular weight excluding hydrogens is 158 g/mol. The van der Waals surface area contributed by atoms with E-state index in [-0.39, 0.29) is 11.7 Å². The van der Waals surface area contributed by atoms with Crippen molar-refractivity contribution in [1.82, 2.24) is 0 Å². The van der Waals surface area contributed by atoms with E-state index in [0.29, 0.717) is 12.8 Å². The molecule has 2 atom stereocenters. The van der Waals surface area contributed by atoms with Crippen molar-refractivity contribution in [2.24, 2.45) is 11.7 Å². The molecule has 0 bridgehead atoms. The van der Waals surface area contributed by atoms with E-state index in [4.69, 9.17) is 10.8 Å². The zero-order valence-corrected chi connectivity index (χ0v) is 6.82. The number of carbonyl (C=O) groups is 2. The highest BCUT2D eigenvalue weighted by Gasteiger charge is 2.28. The molecule has 1 unspecified atom stereocenters. The Bertz CT molecular complexity index is 200. The molecule has 0 aliphatic heterocycles. The summed E-state index contributed by atoms with van der Waals surface area (Å²) in [6.07, 6.45) is 2.47. The quantitative estimate of drug-likeness (QED) is 0.620. The van der Waals surface area contributed by atoms with Crippen LogP contribution in [-0.4, -0.2) is 22.9 Å². The van der Waals surface area contributed by atoms with Gasteiger partial charge in [0, 0.05) is 12.8 Å². The van der Waals surface area contributed by atoms with Crippen LogP contribution in [0.25, 0.3) is 0 Å². The van der Waals surface area contributed by atoms with Gasteiger partial charge in [-0.3, -0.25) is 9.59 Å². The lowest BCUT2D eigenvalue weighted by Gasteiger charge is -2.23. The first-order chi connectivity index (χ1) is 5.61. The Morgan fingerprint density at radius 1 is 1.67 bits per heavy atom. The van der Waals surface area contributed by atoms with Crippen LogP contribution < -0.4 is 5.73 Å². The Morgan fingerprint density at radius 2 is 2.33 bits per heavy atom. The third kappa shape index (κ3) is 2.04. The summed E-state index contributed by atoms with van der Waals surface area (Å²) < 4.78 is 0. The number of carbonyl (C=O) groups excluding carboxylic acids is 1. The van der Waals surface area contributed by atoms with Crippen LogP contribution >= 0.6 is 0 Å². The lowest BCUT2D eigenvalue weighted by atomic mass is 9.83. The Balaban J connectivity index is 2.51. The van der Waals surface area contributed by atoms with Crippen molar-refractivity contribution in [2.45, 2.75) is 31.7 Å². The Morgan fingerprint density at radius 3 is 2.83 bits per heavy atom. The molecule has 0 aromatic heterocycles. The van der Waals surface area contributed by atoms with Crippen LogP contribution in [0.2, 0.25) is 0 Å². The van der Waals surface area contributed by atoms with E-state index in [9.17, 15) is 9.59 Å². The first-order valence-corrected chi connectivity index (χ1v) is 4.11. The normalized spacial score (nSPS) is 26.8. The summed E-state index contributed by atoms with van der Waals surface area (Å²) in [5.41, 5.74) is 5.40. The molecule has 1 aliphatic rings. The zero-order valence-electron chi connectivity index (χ0n) is 6.82. The SMILES string of the molecule is N[C@H](C(=O)O)C1CCCC(=O)C1. The summed E-state index contributed by atoms with van der Waals surface area (Å²) in [4.78, 5) is 21.4. The maximum Gasteiger partial charge on any atom is 0.320 e. The molecule has 4 nitrogen and oxygen atoms in total. The monoisotopic (exact) mass is 171 g/mol. The Labute approximate surface area is 70.7 Å². The van der Waals surface area contributed by atoms with Gasteiger partial charge in [0.05, 0.1) is 0 Å². The molecule has 0 aromatic carbocycles. The molecule has 1 fully saturated rings. The smallest absolute Gasteiger partial charge is 0.320 e. The summed E-state index contributed by atoms with van der Waals surface area (Å²) in [6.45, 7) is 0. The van der Waals surface area contributed by atoms with E-state index in [2.05, 4.69) is 0 Å². The summed E-state index contributed by atoms with van der Waals surface area (Å²) in [7, 11) is 0. The van der Waals surface area contributed by atoms with Gasteiger partial charge in [0.15, 0.2) is 0 Å². The van der Waals surface area contributed by atoms with Crippen LogP contribution in [0.1, 0.15) is 25.7 Å². The van der Waals surface area contributed by atoms with Gasteiger partial charge in [0.25, 0.3) is 0 Å². The fourth-order valence-electron chi connectivity index (χ4n) is 1.57. The van der Waals surface area contributed by atoms with Crippen LogP contribution in [0.4, 0.5) is 0 Å². The minimum absolute atomic E-state index is 0.142. The minimum Gasteiger partial charge on any atom is -0.480 e. The number of carboxylic acids is 1. The Kier molecular flexibility index (Phi) is 2.81. The van der Waals surface area contributed by atoms with E-state index in [1.54, 1.807) is 0 Å². The topological polar surface area (TPSA) is 80.4 Å². The second-order valence-electron chi connectivity index (χ2n) is 3.26. The standard InChI is InChI=1S/C8H13NO3/c9-7(8(11)12)5-2-1-3-6(10)4-5/h5,7H,1-4,9H2,(H,11,12)/t5?,7-/m0/s1. The summed E-state index contributed by atoms with van der Waals surface area (Å²) in [6, 6.07) is -0.866. The van der Waals surface area contributed by atoms with Crippen LogP contribution in [0.3, 0.4) is 0 Å². The first kappa shape index (κ1) is 9.19. The van der Waals surface area contributed by atoms with Gasteiger partial charge in [-0.25, -0.2) is 0 Å². The molecule has 0 heterocycles. The highest BCUT2D eigenvalue weighted by molar-refractivity contribution is 5.81. The minimum atomic E-state index is -1.00. The van der Waals surface area contributed by atoms with Crippen molar-refractivity contribution < 1.29 is 14.7 Å². The van der Waals surface area contributed by atoms with Gasteiger partial charge < -0.3 is 10.8 Å².